The van der Waals surface area contributed by atoms with Gasteiger partial charge in [-0.05, 0) is 52.2 Å². The molecule has 0 aromatic heterocycles. The fourth-order valence-corrected chi connectivity index (χ4v) is 2.70. The van der Waals surface area contributed by atoms with E-state index in [2.05, 4.69) is 26.6 Å². The van der Waals surface area contributed by atoms with Crippen molar-refractivity contribution in [3.05, 3.63) is 52.5 Å². The van der Waals surface area contributed by atoms with Crippen LogP contribution in [0.4, 0.5) is 11.4 Å². The molecule has 0 aliphatic carbocycles. The van der Waals surface area contributed by atoms with E-state index in [1.54, 1.807) is 0 Å². The van der Waals surface area contributed by atoms with E-state index in [0.717, 1.165) is 15.7 Å². The number of nitrogens with one attached hydrogen (secondary N) is 2. The van der Waals surface area contributed by atoms with E-state index >= 15 is 0 Å². The first kappa shape index (κ1) is 15.6. The lowest BCUT2D eigenvalue weighted by atomic mass is 10.1. The summed E-state index contributed by atoms with van der Waals surface area (Å²) in [5.41, 5.74) is 2.38. The van der Waals surface area contributed by atoms with Crippen molar-refractivity contribution in [2.24, 2.45) is 0 Å². The highest BCUT2D eigenvalue weighted by Gasteiger charge is 2.16. The monoisotopic (exact) mass is 374 g/mol. The smallest absolute Gasteiger partial charge is 0.262 e. The van der Waals surface area contributed by atoms with Crippen LogP contribution in [-0.2, 0) is 16.0 Å². The third-order valence-corrected chi connectivity index (χ3v) is 4.16. The lowest BCUT2D eigenvalue weighted by Gasteiger charge is -2.18. The summed E-state index contributed by atoms with van der Waals surface area (Å²) in [6.45, 7) is 0.0424. The van der Waals surface area contributed by atoms with Crippen molar-refractivity contribution in [3.63, 3.8) is 0 Å². The number of ether oxygens (including phenoxy) is 1. The Hall–Kier alpha value is -2.34. The number of anilines is 2. The number of carbonyl (C=O) groups excluding carboxylic acids is 2. The molecular formula is C17H15BrN2O3. The number of rotatable bonds is 4. The van der Waals surface area contributed by atoms with Crippen LogP contribution in [0.3, 0.4) is 0 Å². The van der Waals surface area contributed by atoms with Crippen LogP contribution in [-0.4, -0.2) is 18.4 Å². The summed E-state index contributed by atoms with van der Waals surface area (Å²) in [5, 5.41) is 5.63. The molecule has 2 amide bonds. The molecule has 0 saturated heterocycles. The SMILES string of the molecule is O=C(CCc1ccc2c(c1)NC(=O)CO2)Nc1ccccc1Br. The van der Waals surface area contributed by atoms with E-state index in [4.69, 9.17) is 4.74 Å². The predicted octanol–water partition coefficient (Wildman–Crippen LogP) is 3.35. The number of para-hydroxylation sites is 1. The minimum Gasteiger partial charge on any atom is -0.482 e. The molecule has 2 aromatic rings. The number of hydrogen-bond acceptors (Lipinski definition) is 3. The molecule has 1 aliphatic heterocycles. The molecule has 1 heterocycles. The minimum atomic E-state index is -0.165. The summed E-state index contributed by atoms with van der Waals surface area (Å²) < 4.78 is 6.16. The molecule has 2 N–H and O–H groups in total. The van der Waals surface area contributed by atoms with Gasteiger partial charge in [-0.2, -0.15) is 0 Å². The Kier molecular flexibility index (Phi) is 4.62. The Morgan fingerprint density at radius 1 is 1.26 bits per heavy atom. The second-order valence-electron chi connectivity index (χ2n) is 5.20. The van der Waals surface area contributed by atoms with Gasteiger partial charge in [-0.25, -0.2) is 0 Å². The first-order valence-electron chi connectivity index (χ1n) is 7.22. The van der Waals surface area contributed by atoms with Crippen LogP contribution in [0, 0.1) is 0 Å². The van der Waals surface area contributed by atoms with Gasteiger partial charge in [-0.15, -0.1) is 0 Å². The quantitative estimate of drug-likeness (QED) is 0.861. The standard InChI is InChI=1S/C17H15BrN2O3/c18-12-3-1-2-4-13(12)19-16(21)8-6-11-5-7-15-14(9-11)20-17(22)10-23-15/h1-5,7,9H,6,8,10H2,(H,19,21)(H,20,22). The summed E-state index contributed by atoms with van der Waals surface area (Å²) in [5.74, 6) is 0.433. The zero-order valence-corrected chi connectivity index (χ0v) is 13.9. The molecule has 5 nitrogen and oxygen atoms in total. The summed E-state index contributed by atoms with van der Waals surface area (Å²) in [6, 6.07) is 13.0. The van der Waals surface area contributed by atoms with E-state index in [-0.39, 0.29) is 18.4 Å². The number of amides is 2. The fraction of sp³-hybridized carbons (Fsp3) is 0.176. The second kappa shape index (κ2) is 6.83. The zero-order chi connectivity index (χ0) is 16.2. The predicted molar refractivity (Wildman–Crippen MR) is 91.7 cm³/mol. The van der Waals surface area contributed by atoms with Crippen molar-refractivity contribution in [2.45, 2.75) is 12.8 Å². The van der Waals surface area contributed by atoms with Gasteiger partial charge in [-0.3, -0.25) is 9.59 Å². The topological polar surface area (TPSA) is 67.4 Å². The van der Waals surface area contributed by atoms with Gasteiger partial charge in [0.15, 0.2) is 6.61 Å². The highest BCUT2D eigenvalue weighted by molar-refractivity contribution is 9.10. The molecule has 0 unspecified atom stereocenters. The maximum Gasteiger partial charge on any atom is 0.262 e. The maximum atomic E-state index is 12.1. The van der Waals surface area contributed by atoms with Crippen molar-refractivity contribution in [2.75, 3.05) is 17.2 Å². The second-order valence-corrected chi connectivity index (χ2v) is 6.05. The molecule has 23 heavy (non-hydrogen) atoms. The molecule has 0 radical (unpaired) electrons. The number of hydrogen-bond donors (Lipinski definition) is 2. The van der Waals surface area contributed by atoms with Crippen molar-refractivity contribution < 1.29 is 14.3 Å². The van der Waals surface area contributed by atoms with Gasteiger partial charge < -0.3 is 15.4 Å². The van der Waals surface area contributed by atoms with E-state index < -0.39 is 0 Å². The number of halogens is 1. The summed E-state index contributed by atoms with van der Waals surface area (Å²) in [4.78, 5) is 23.4. The maximum absolute atomic E-state index is 12.1. The fourth-order valence-electron chi connectivity index (χ4n) is 2.32. The lowest BCUT2D eigenvalue weighted by molar-refractivity contribution is -0.118. The number of carbonyl (C=O) groups is 2. The number of fused-ring (bicyclic) bond motifs is 1. The van der Waals surface area contributed by atoms with Gasteiger partial charge in [0, 0.05) is 10.9 Å². The van der Waals surface area contributed by atoms with Gasteiger partial charge in [0.05, 0.1) is 11.4 Å². The Labute approximate surface area is 142 Å². The van der Waals surface area contributed by atoms with Gasteiger partial charge in [0.2, 0.25) is 5.91 Å². The van der Waals surface area contributed by atoms with Crippen LogP contribution in [0.25, 0.3) is 0 Å². The molecule has 1 aliphatic rings. The van der Waals surface area contributed by atoms with Crippen LogP contribution < -0.4 is 15.4 Å². The highest BCUT2D eigenvalue weighted by Crippen LogP contribution is 2.29. The molecule has 2 aromatic carbocycles. The molecule has 0 bridgehead atoms. The van der Waals surface area contributed by atoms with Crippen LogP contribution in [0.5, 0.6) is 5.75 Å². The van der Waals surface area contributed by atoms with Gasteiger partial charge >= 0.3 is 0 Å². The summed E-state index contributed by atoms with van der Waals surface area (Å²) in [7, 11) is 0. The van der Waals surface area contributed by atoms with Gasteiger partial charge in [0.1, 0.15) is 5.75 Å². The Morgan fingerprint density at radius 3 is 2.91 bits per heavy atom. The average molecular weight is 375 g/mol. The third kappa shape index (κ3) is 3.90. The van der Waals surface area contributed by atoms with Gasteiger partial charge in [0.25, 0.3) is 5.91 Å². The first-order chi connectivity index (χ1) is 11.1. The molecule has 0 fully saturated rings. The molecular weight excluding hydrogens is 360 g/mol. The largest absolute Gasteiger partial charge is 0.482 e. The Morgan fingerprint density at radius 2 is 2.09 bits per heavy atom. The molecule has 6 heteroatoms. The Balaban J connectivity index is 1.60. The van der Waals surface area contributed by atoms with E-state index in [1.807, 2.05) is 42.5 Å². The number of aryl methyl sites for hydroxylation is 1. The zero-order valence-electron chi connectivity index (χ0n) is 12.3. The molecule has 0 spiro atoms. The van der Waals surface area contributed by atoms with Crippen LogP contribution in [0.1, 0.15) is 12.0 Å². The minimum absolute atomic E-state index is 0.0424. The van der Waals surface area contributed by atoms with E-state index in [1.165, 1.54) is 0 Å². The molecule has 0 atom stereocenters. The van der Waals surface area contributed by atoms with Crippen molar-refractivity contribution in [1.29, 1.82) is 0 Å². The average Bonchev–Trinajstić information content (AvgIpc) is 2.54. The van der Waals surface area contributed by atoms with Crippen LogP contribution in [0.2, 0.25) is 0 Å². The van der Waals surface area contributed by atoms with Gasteiger partial charge in [-0.1, -0.05) is 18.2 Å². The summed E-state index contributed by atoms with van der Waals surface area (Å²) >= 11 is 3.40. The first-order valence-corrected chi connectivity index (χ1v) is 8.01. The van der Waals surface area contributed by atoms with Crippen LogP contribution in [0.15, 0.2) is 46.9 Å². The van der Waals surface area contributed by atoms with Crippen LogP contribution >= 0.6 is 15.9 Å². The molecule has 3 rings (SSSR count). The van der Waals surface area contributed by atoms with Crippen molar-refractivity contribution in [1.82, 2.24) is 0 Å². The Bertz CT molecular complexity index is 761. The lowest BCUT2D eigenvalue weighted by Crippen LogP contribution is -2.25. The molecule has 118 valence electrons. The third-order valence-electron chi connectivity index (χ3n) is 3.47. The summed E-state index contributed by atoms with van der Waals surface area (Å²) in [6.07, 6.45) is 0.939. The van der Waals surface area contributed by atoms with Crippen molar-refractivity contribution in [3.8, 4) is 5.75 Å². The van der Waals surface area contributed by atoms with Crippen molar-refractivity contribution >= 4 is 39.1 Å². The van der Waals surface area contributed by atoms with E-state index in [0.29, 0.717) is 24.3 Å². The highest BCUT2D eigenvalue weighted by atomic mass is 79.9. The van der Waals surface area contributed by atoms with E-state index in [9.17, 15) is 9.59 Å². The molecule has 0 saturated carbocycles. The number of benzene rings is 2. The normalized spacial score (nSPS) is 12.8.